The standard InChI is InChI=1S/C10H21N/c1-2-3-4-5-6-7-8-9-10-11/h11H,1-10H2. The monoisotopic (exact) mass is 155 g/mol. The molecule has 0 saturated carbocycles. The van der Waals surface area contributed by atoms with Crippen molar-refractivity contribution < 1.29 is 0 Å². The van der Waals surface area contributed by atoms with E-state index in [1.54, 1.807) is 0 Å². The van der Waals surface area contributed by atoms with E-state index in [0.717, 1.165) is 12.8 Å². The van der Waals surface area contributed by atoms with Crippen molar-refractivity contribution >= 4 is 0 Å². The van der Waals surface area contributed by atoms with E-state index in [-0.39, 0.29) is 0 Å². The molecule has 0 aromatic heterocycles. The number of hydrogen-bond donors (Lipinski definition) is 0. The van der Waals surface area contributed by atoms with Crippen molar-refractivity contribution in [2.45, 2.75) is 51.4 Å². The summed E-state index contributed by atoms with van der Waals surface area (Å²) in [6.07, 6.45) is 10.1. The lowest BCUT2D eigenvalue weighted by molar-refractivity contribution is 0.582. The van der Waals surface area contributed by atoms with Gasteiger partial charge in [0.05, 0.1) is 0 Å². The lowest BCUT2D eigenvalue weighted by Crippen LogP contribution is -1.85. The van der Waals surface area contributed by atoms with Gasteiger partial charge in [-0.3, -0.25) is 5.73 Å². The van der Waals surface area contributed by atoms with E-state index in [2.05, 4.69) is 6.92 Å². The van der Waals surface area contributed by atoms with Crippen LogP contribution in [0.25, 0.3) is 0 Å². The predicted octanol–water partition coefficient (Wildman–Crippen LogP) is 3.22. The highest BCUT2D eigenvalue weighted by Crippen LogP contribution is 2.07. The van der Waals surface area contributed by atoms with E-state index in [0.29, 0.717) is 6.54 Å². The molecule has 0 bridgehead atoms. The Kier molecular flexibility index (Phi) is 9.92. The fourth-order valence-corrected chi connectivity index (χ4v) is 1.19. The summed E-state index contributed by atoms with van der Waals surface area (Å²) in [6, 6.07) is 0. The van der Waals surface area contributed by atoms with Crippen molar-refractivity contribution in [3.63, 3.8) is 0 Å². The van der Waals surface area contributed by atoms with Crippen LogP contribution in [0.1, 0.15) is 51.4 Å². The largest absolute Gasteiger partial charge is 0.258 e. The topological polar surface area (TPSA) is 23.8 Å². The van der Waals surface area contributed by atoms with Gasteiger partial charge in [-0.05, 0) is 6.42 Å². The third-order valence-electron chi connectivity index (χ3n) is 1.93. The van der Waals surface area contributed by atoms with Crippen molar-refractivity contribution in [3.05, 3.63) is 6.92 Å². The molecular formula is C10H21N. The van der Waals surface area contributed by atoms with Gasteiger partial charge in [-0.1, -0.05) is 51.9 Å². The summed E-state index contributed by atoms with van der Waals surface area (Å²) in [6.45, 7) is 4.42. The van der Waals surface area contributed by atoms with Crippen LogP contribution in [-0.2, 0) is 0 Å². The summed E-state index contributed by atoms with van der Waals surface area (Å²) < 4.78 is 0. The minimum atomic E-state index is 0.610. The van der Waals surface area contributed by atoms with E-state index in [1.165, 1.54) is 38.5 Å². The quantitative estimate of drug-likeness (QED) is 0.481. The summed E-state index contributed by atoms with van der Waals surface area (Å²) >= 11 is 0. The number of unbranched alkanes of at least 4 members (excludes halogenated alkanes) is 7. The highest BCUT2D eigenvalue weighted by Gasteiger charge is 1.89. The van der Waals surface area contributed by atoms with Gasteiger partial charge in [-0.2, -0.15) is 0 Å². The van der Waals surface area contributed by atoms with Crippen LogP contribution in [0.2, 0.25) is 0 Å². The van der Waals surface area contributed by atoms with Gasteiger partial charge in [0.2, 0.25) is 0 Å². The number of nitrogens with one attached hydrogen (secondary N) is 1. The average molecular weight is 155 g/mol. The van der Waals surface area contributed by atoms with Gasteiger partial charge in [0.1, 0.15) is 0 Å². The van der Waals surface area contributed by atoms with Crippen LogP contribution in [0.5, 0.6) is 0 Å². The molecule has 0 heterocycles. The minimum absolute atomic E-state index is 0.610. The van der Waals surface area contributed by atoms with Crippen LogP contribution in [0.4, 0.5) is 0 Å². The van der Waals surface area contributed by atoms with Crippen molar-refractivity contribution in [2.24, 2.45) is 0 Å². The lowest BCUT2D eigenvalue weighted by atomic mass is 10.1. The Balaban J connectivity index is 2.69. The maximum absolute atomic E-state index is 6.94. The molecule has 1 heteroatoms. The van der Waals surface area contributed by atoms with Crippen molar-refractivity contribution in [3.8, 4) is 0 Å². The molecule has 0 aromatic rings. The molecule has 0 fully saturated rings. The van der Waals surface area contributed by atoms with Gasteiger partial charge in [0.15, 0.2) is 0 Å². The van der Waals surface area contributed by atoms with Crippen molar-refractivity contribution in [1.29, 1.82) is 0 Å². The molecule has 1 nitrogen and oxygen atoms in total. The molecule has 0 unspecified atom stereocenters. The number of rotatable bonds is 8. The second kappa shape index (κ2) is 9.96. The SMILES string of the molecule is [CH2]CCCCCCCCC[NH]. The van der Waals surface area contributed by atoms with E-state index in [9.17, 15) is 0 Å². The van der Waals surface area contributed by atoms with Gasteiger partial charge >= 0.3 is 0 Å². The normalized spacial score (nSPS) is 10.4. The summed E-state index contributed by atoms with van der Waals surface area (Å²) in [5.41, 5.74) is 6.94. The molecule has 0 aliphatic heterocycles. The Hall–Kier alpha value is -0.0400. The van der Waals surface area contributed by atoms with Gasteiger partial charge < -0.3 is 0 Å². The molecule has 11 heavy (non-hydrogen) atoms. The van der Waals surface area contributed by atoms with E-state index in [4.69, 9.17) is 5.73 Å². The molecule has 0 spiro atoms. The summed E-state index contributed by atoms with van der Waals surface area (Å²) in [7, 11) is 0. The smallest absolute Gasteiger partial charge is 0.00997 e. The third-order valence-corrected chi connectivity index (χ3v) is 1.93. The number of hydrogen-bond acceptors (Lipinski definition) is 0. The van der Waals surface area contributed by atoms with Crippen molar-refractivity contribution in [1.82, 2.24) is 5.73 Å². The van der Waals surface area contributed by atoms with Crippen LogP contribution in [0, 0.1) is 6.92 Å². The summed E-state index contributed by atoms with van der Waals surface area (Å²) in [5, 5.41) is 0. The Morgan fingerprint density at radius 2 is 1.18 bits per heavy atom. The Labute approximate surface area is 71.4 Å². The highest BCUT2D eigenvalue weighted by molar-refractivity contribution is 4.47. The predicted molar refractivity (Wildman–Crippen MR) is 50.3 cm³/mol. The Bertz CT molecular complexity index is 53.9. The maximum atomic E-state index is 6.94. The molecule has 0 aliphatic carbocycles. The fourth-order valence-electron chi connectivity index (χ4n) is 1.19. The van der Waals surface area contributed by atoms with E-state index in [1.807, 2.05) is 0 Å². The second-order valence-electron chi connectivity index (χ2n) is 3.08. The molecule has 66 valence electrons. The second-order valence-corrected chi connectivity index (χ2v) is 3.08. The Morgan fingerprint density at radius 1 is 0.727 bits per heavy atom. The molecule has 0 saturated heterocycles. The molecule has 0 amide bonds. The first-order valence-corrected chi connectivity index (χ1v) is 4.85. The molecule has 1 N–H and O–H groups in total. The van der Waals surface area contributed by atoms with Crippen LogP contribution < -0.4 is 5.73 Å². The third kappa shape index (κ3) is 9.96. The fraction of sp³-hybridized carbons (Fsp3) is 0.900. The molecule has 0 aliphatic rings. The average Bonchev–Trinajstić information content (AvgIpc) is 2.03. The first-order chi connectivity index (χ1) is 5.41. The molecule has 0 rings (SSSR count). The summed E-state index contributed by atoms with van der Waals surface area (Å²) in [5.74, 6) is 0. The van der Waals surface area contributed by atoms with E-state index >= 15 is 0 Å². The van der Waals surface area contributed by atoms with Crippen LogP contribution in [-0.4, -0.2) is 6.54 Å². The molecule has 0 atom stereocenters. The van der Waals surface area contributed by atoms with Gasteiger partial charge in [-0.25, -0.2) is 0 Å². The first kappa shape index (κ1) is 11.0. The first-order valence-electron chi connectivity index (χ1n) is 4.85. The van der Waals surface area contributed by atoms with Crippen molar-refractivity contribution in [2.75, 3.05) is 6.54 Å². The Morgan fingerprint density at radius 3 is 1.64 bits per heavy atom. The minimum Gasteiger partial charge on any atom is -0.258 e. The maximum Gasteiger partial charge on any atom is 0.00997 e. The molecule has 0 aromatic carbocycles. The van der Waals surface area contributed by atoms with Crippen LogP contribution in [0.15, 0.2) is 0 Å². The zero-order valence-electron chi connectivity index (χ0n) is 7.57. The van der Waals surface area contributed by atoms with Crippen LogP contribution >= 0.6 is 0 Å². The highest BCUT2D eigenvalue weighted by atomic mass is 14.5. The zero-order chi connectivity index (χ0) is 8.36. The van der Waals surface area contributed by atoms with E-state index < -0.39 is 0 Å². The van der Waals surface area contributed by atoms with Gasteiger partial charge in [0.25, 0.3) is 0 Å². The van der Waals surface area contributed by atoms with Gasteiger partial charge in [0, 0.05) is 6.54 Å². The molecular weight excluding hydrogens is 134 g/mol. The van der Waals surface area contributed by atoms with Gasteiger partial charge in [-0.15, -0.1) is 0 Å². The molecule has 2 radical (unpaired) electrons. The van der Waals surface area contributed by atoms with Crippen LogP contribution in [0.3, 0.4) is 0 Å². The summed E-state index contributed by atoms with van der Waals surface area (Å²) in [4.78, 5) is 0. The lowest BCUT2D eigenvalue weighted by Gasteiger charge is -1.98. The zero-order valence-corrected chi connectivity index (χ0v) is 7.57.